The highest BCUT2D eigenvalue weighted by Gasteiger charge is 2.36. The van der Waals surface area contributed by atoms with Gasteiger partial charge in [0.1, 0.15) is 16.8 Å². The first-order valence-electron chi connectivity index (χ1n) is 8.62. The highest BCUT2D eigenvalue weighted by molar-refractivity contribution is 7.22. The summed E-state index contributed by atoms with van der Waals surface area (Å²) in [7, 11) is 0. The molecule has 4 rings (SSSR count). The molecule has 0 fully saturated rings. The predicted molar refractivity (Wildman–Crippen MR) is 108 cm³/mol. The van der Waals surface area contributed by atoms with E-state index in [-0.39, 0.29) is 6.54 Å². The summed E-state index contributed by atoms with van der Waals surface area (Å²) in [5.41, 5.74) is 7.74. The lowest BCUT2D eigenvalue weighted by molar-refractivity contribution is 0.0163. The van der Waals surface area contributed by atoms with Crippen LogP contribution in [-0.2, 0) is 11.3 Å². The number of carbonyl (C=O) groups excluding carboxylic acids is 1. The van der Waals surface area contributed by atoms with Crippen LogP contribution in [0.1, 0.15) is 37.4 Å². The summed E-state index contributed by atoms with van der Waals surface area (Å²) in [6.45, 7) is 5.63. The number of amides is 1. The number of fused-ring (bicyclic) bond motifs is 2. The lowest BCUT2D eigenvalue weighted by atomic mass is 10.0. The van der Waals surface area contributed by atoms with Gasteiger partial charge < -0.3 is 10.5 Å². The number of rotatable bonds is 1. The summed E-state index contributed by atoms with van der Waals surface area (Å²) >= 11 is 2.82. The standard InChI is InChI=1S/C19H20FN3O2S2/c1-19(2,3)25-18(24)23-8-10(20)14-13(9-23)26-16(21)15(14)17-22-11-6-4-5-7-12(11)27-17/h4-7,10H,8-9,21H2,1-3H3. The van der Waals surface area contributed by atoms with Gasteiger partial charge in [-0.25, -0.2) is 14.2 Å². The Morgan fingerprint density at radius 2 is 2.07 bits per heavy atom. The lowest BCUT2D eigenvalue weighted by Crippen LogP contribution is -2.40. The normalized spacial score (nSPS) is 17.2. The number of para-hydroxylation sites is 1. The van der Waals surface area contributed by atoms with Crippen molar-refractivity contribution in [1.82, 2.24) is 9.88 Å². The van der Waals surface area contributed by atoms with Gasteiger partial charge in [-0.3, -0.25) is 4.90 Å². The zero-order valence-corrected chi connectivity index (χ0v) is 16.9. The molecular weight excluding hydrogens is 385 g/mol. The van der Waals surface area contributed by atoms with E-state index < -0.39 is 17.9 Å². The summed E-state index contributed by atoms with van der Waals surface area (Å²) in [5.74, 6) is 0. The minimum Gasteiger partial charge on any atom is -0.444 e. The second-order valence-electron chi connectivity index (χ2n) is 7.49. The number of benzene rings is 1. The number of nitrogen functional groups attached to an aromatic ring is 1. The van der Waals surface area contributed by atoms with Crippen LogP contribution < -0.4 is 5.73 Å². The molecule has 2 aromatic heterocycles. The Morgan fingerprint density at radius 3 is 2.78 bits per heavy atom. The van der Waals surface area contributed by atoms with Gasteiger partial charge in [0.15, 0.2) is 0 Å². The number of carbonyl (C=O) groups is 1. The van der Waals surface area contributed by atoms with Crippen LogP contribution in [0.25, 0.3) is 20.8 Å². The number of ether oxygens (including phenoxy) is 1. The summed E-state index contributed by atoms with van der Waals surface area (Å²) < 4.78 is 21.5. The van der Waals surface area contributed by atoms with Gasteiger partial charge in [-0.2, -0.15) is 0 Å². The average Bonchev–Trinajstić information content (AvgIpc) is 3.12. The third kappa shape index (κ3) is 3.39. The van der Waals surface area contributed by atoms with Gasteiger partial charge in [-0.05, 0) is 32.9 Å². The summed E-state index contributed by atoms with van der Waals surface area (Å²) in [4.78, 5) is 19.1. The maximum Gasteiger partial charge on any atom is 0.410 e. The Kier molecular flexibility index (Phi) is 4.35. The van der Waals surface area contributed by atoms with Gasteiger partial charge in [0.2, 0.25) is 0 Å². The molecule has 1 atom stereocenters. The number of aromatic nitrogens is 1. The van der Waals surface area contributed by atoms with E-state index in [1.165, 1.54) is 27.6 Å². The van der Waals surface area contributed by atoms with Crippen LogP contribution in [0.4, 0.5) is 14.2 Å². The topological polar surface area (TPSA) is 68.5 Å². The van der Waals surface area contributed by atoms with E-state index in [0.29, 0.717) is 22.7 Å². The third-order valence-corrected chi connectivity index (χ3v) is 6.31. The molecule has 0 saturated carbocycles. The zero-order chi connectivity index (χ0) is 19.3. The molecule has 0 saturated heterocycles. The van der Waals surface area contributed by atoms with Gasteiger partial charge in [0.05, 0.1) is 33.9 Å². The number of nitrogens with two attached hydrogens (primary N) is 1. The first-order valence-corrected chi connectivity index (χ1v) is 10.2. The third-order valence-electron chi connectivity index (χ3n) is 4.24. The molecular formula is C19H20FN3O2S2. The molecule has 5 nitrogen and oxygen atoms in total. The number of thiazole rings is 1. The Balaban J connectivity index is 1.70. The number of hydrogen-bond donors (Lipinski definition) is 1. The largest absolute Gasteiger partial charge is 0.444 e. The first kappa shape index (κ1) is 18.2. The van der Waals surface area contributed by atoms with Crippen LogP contribution in [0.15, 0.2) is 24.3 Å². The van der Waals surface area contributed by atoms with Gasteiger partial charge in [0.25, 0.3) is 0 Å². The summed E-state index contributed by atoms with van der Waals surface area (Å²) in [6.07, 6.45) is -1.83. The van der Waals surface area contributed by atoms with Crippen molar-refractivity contribution in [2.75, 3.05) is 12.3 Å². The number of hydrogen-bond acceptors (Lipinski definition) is 6. The van der Waals surface area contributed by atoms with E-state index in [1.54, 1.807) is 20.8 Å². The molecule has 1 aliphatic heterocycles. The number of nitrogens with zero attached hydrogens (tertiary/aromatic N) is 2. The monoisotopic (exact) mass is 405 g/mol. The smallest absolute Gasteiger partial charge is 0.410 e. The van der Waals surface area contributed by atoms with Crippen molar-refractivity contribution < 1.29 is 13.9 Å². The van der Waals surface area contributed by atoms with Crippen LogP contribution in [-0.4, -0.2) is 28.1 Å². The molecule has 3 heterocycles. The molecule has 8 heteroatoms. The minimum absolute atomic E-state index is 0.0457. The van der Waals surface area contributed by atoms with Crippen molar-refractivity contribution in [3.8, 4) is 10.6 Å². The van der Waals surface area contributed by atoms with Crippen molar-refractivity contribution in [1.29, 1.82) is 0 Å². The quantitative estimate of drug-likeness (QED) is 0.591. The Hall–Kier alpha value is -2.19. The fraction of sp³-hybridized carbons (Fsp3) is 0.368. The van der Waals surface area contributed by atoms with Gasteiger partial charge in [0, 0.05) is 10.4 Å². The average molecular weight is 406 g/mol. The lowest BCUT2D eigenvalue weighted by Gasteiger charge is -2.31. The Morgan fingerprint density at radius 1 is 1.33 bits per heavy atom. The van der Waals surface area contributed by atoms with E-state index in [0.717, 1.165) is 20.1 Å². The summed E-state index contributed by atoms with van der Waals surface area (Å²) in [6, 6.07) is 7.80. The van der Waals surface area contributed by atoms with Crippen LogP contribution >= 0.6 is 22.7 Å². The van der Waals surface area contributed by atoms with Crippen LogP contribution in [0, 0.1) is 0 Å². The first-order chi connectivity index (χ1) is 12.7. The van der Waals surface area contributed by atoms with E-state index >= 15 is 4.39 Å². The Labute approximate surface area is 164 Å². The maximum absolute atomic E-state index is 15.1. The van der Waals surface area contributed by atoms with Gasteiger partial charge >= 0.3 is 6.09 Å². The molecule has 1 amide bonds. The molecule has 1 aliphatic rings. The molecule has 142 valence electrons. The van der Waals surface area contributed by atoms with E-state index in [9.17, 15) is 4.79 Å². The number of alkyl halides is 1. The molecule has 27 heavy (non-hydrogen) atoms. The molecule has 3 aromatic rings. The minimum atomic E-state index is -1.32. The number of halogens is 1. The van der Waals surface area contributed by atoms with Crippen LogP contribution in [0.5, 0.6) is 0 Å². The Bertz CT molecular complexity index is 989. The highest BCUT2D eigenvalue weighted by Crippen LogP contribution is 2.48. The van der Waals surface area contributed by atoms with Crippen molar-refractivity contribution in [3.63, 3.8) is 0 Å². The highest BCUT2D eigenvalue weighted by atomic mass is 32.1. The van der Waals surface area contributed by atoms with Crippen molar-refractivity contribution in [2.45, 2.75) is 39.1 Å². The zero-order valence-electron chi connectivity index (χ0n) is 15.3. The summed E-state index contributed by atoms with van der Waals surface area (Å²) in [5, 5.41) is 1.26. The molecule has 2 N–H and O–H groups in total. The fourth-order valence-electron chi connectivity index (χ4n) is 3.15. The number of anilines is 1. The molecule has 0 aliphatic carbocycles. The maximum atomic E-state index is 15.1. The second kappa shape index (κ2) is 6.45. The van der Waals surface area contributed by atoms with E-state index in [1.807, 2.05) is 24.3 Å². The van der Waals surface area contributed by atoms with Crippen LogP contribution in [0.3, 0.4) is 0 Å². The number of thiophene rings is 1. The fourth-order valence-corrected chi connectivity index (χ4v) is 5.39. The van der Waals surface area contributed by atoms with Crippen LogP contribution in [0.2, 0.25) is 0 Å². The molecule has 0 bridgehead atoms. The van der Waals surface area contributed by atoms with Crippen molar-refractivity contribution >= 4 is 44.0 Å². The molecule has 0 radical (unpaired) electrons. The van der Waals surface area contributed by atoms with Gasteiger partial charge in [-0.1, -0.05) is 12.1 Å². The van der Waals surface area contributed by atoms with Gasteiger partial charge in [-0.15, -0.1) is 22.7 Å². The second-order valence-corrected chi connectivity index (χ2v) is 9.66. The SMILES string of the molecule is CC(C)(C)OC(=O)N1Cc2sc(N)c(-c3nc4ccccc4s3)c2C(F)C1. The molecule has 0 spiro atoms. The predicted octanol–water partition coefficient (Wildman–Crippen LogP) is 5.37. The van der Waals surface area contributed by atoms with Crippen molar-refractivity contribution in [2.24, 2.45) is 0 Å². The van der Waals surface area contributed by atoms with E-state index in [2.05, 4.69) is 4.98 Å². The van der Waals surface area contributed by atoms with Crippen molar-refractivity contribution in [3.05, 3.63) is 34.7 Å². The molecule has 1 unspecified atom stereocenters. The van der Waals surface area contributed by atoms with E-state index in [4.69, 9.17) is 10.5 Å². The molecule has 1 aromatic carbocycles.